The van der Waals surface area contributed by atoms with Crippen molar-refractivity contribution in [2.45, 2.75) is 45.6 Å². The van der Waals surface area contributed by atoms with Gasteiger partial charge in [-0.3, -0.25) is 23.7 Å². The second-order valence-corrected chi connectivity index (χ2v) is 8.13. The molecule has 10 nitrogen and oxygen atoms in total. The Labute approximate surface area is 198 Å². The average Bonchev–Trinajstić information content (AvgIpc) is 2.81. The number of carbonyl (C=O) groups excluding carboxylic acids is 3. The summed E-state index contributed by atoms with van der Waals surface area (Å²) in [6.07, 6.45) is 8.06. The normalized spacial score (nSPS) is 12.5. The quantitative estimate of drug-likeness (QED) is 0.388. The van der Waals surface area contributed by atoms with E-state index < -0.39 is 17.2 Å². The maximum Gasteiger partial charge on any atom is 0.296 e. The van der Waals surface area contributed by atoms with Crippen molar-refractivity contribution in [3.63, 3.8) is 0 Å². The van der Waals surface area contributed by atoms with Crippen molar-refractivity contribution < 1.29 is 23.9 Å². The summed E-state index contributed by atoms with van der Waals surface area (Å²) in [4.78, 5) is 52.1. The first-order chi connectivity index (χ1) is 16.1. The minimum Gasteiger partial charge on any atom is -0.501 e. The number of hydrogen-bond acceptors (Lipinski definition) is 6. The Hall–Kier alpha value is -3.50. The summed E-state index contributed by atoms with van der Waals surface area (Å²) in [5.41, 5.74) is -0.150. The highest BCUT2D eigenvalue weighted by Crippen LogP contribution is 2.18. The lowest BCUT2D eigenvalue weighted by Crippen LogP contribution is -2.30. The topological polar surface area (TPSA) is 125 Å². The van der Waals surface area contributed by atoms with Gasteiger partial charge in [0.1, 0.15) is 5.83 Å². The Morgan fingerprint density at radius 3 is 2.44 bits per heavy atom. The molecule has 0 bridgehead atoms. The number of rotatable bonds is 10. The maximum absolute atomic E-state index is 13.0. The van der Waals surface area contributed by atoms with Crippen LogP contribution in [0.4, 0.5) is 4.39 Å². The number of hydrogen-bond donors (Lipinski definition) is 2. The predicted molar refractivity (Wildman–Crippen MR) is 126 cm³/mol. The zero-order valence-electron chi connectivity index (χ0n) is 20.2. The van der Waals surface area contributed by atoms with Crippen molar-refractivity contribution in [1.29, 1.82) is 0 Å². The average molecular weight is 480 g/mol. The van der Waals surface area contributed by atoms with E-state index in [-0.39, 0.29) is 24.0 Å². The van der Waals surface area contributed by atoms with Crippen LogP contribution in [0, 0.1) is 0 Å². The van der Waals surface area contributed by atoms with E-state index in [2.05, 4.69) is 10.3 Å². The summed E-state index contributed by atoms with van der Waals surface area (Å²) in [5.74, 6) is -1.54. The van der Waals surface area contributed by atoms with Crippen LogP contribution in [0.1, 0.15) is 49.5 Å². The summed E-state index contributed by atoms with van der Waals surface area (Å²) in [6.45, 7) is 2.71. The molecule has 34 heavy (non-hydrogen) atoms. The SMILES string of the molecule is CC(=O)N(C)CCCCCn1cnc(C(=O)NCC2=CC=C(F)CC2)c(O)c1=O.CN(C)C=O. The van der Waals surface area contributed by atoms with Gasteiger partial charge in [-0.1, -0.05) is 11.6 Å². The fraction of sp³-hybridized carbons (Fsp3) is 0.522. The highest BCUT2D eigenvalue weighted by molar-refractivity contribution is 5.94. The highest BCUT2D eigenvalue weighted by Gasteiger charge is 2.18. The molecular weight excluding hydrogens is 445 g/mol. The van der Waals surface area contributed by atoms with E-state index in [0.29, 0.717) is 32.4 Å². The number of aryl methyl sites for hydroxylation is 1. The van der Waals surface area contributed by atoms with Crippen molar-refractivity contribution in [3.05, 3.63) is 45.9 Å². The third-order valence-corrected chi connectivity index (χ3v) is 5.03. The Morgan fingerprint density at radius 2 is 1.88 bits per heavy atom. The number of aromatic nitrogens is 2. The summed E-state index contributed by atoms with van der Waals surface area (Å²) < 4.78 is 14.3. The fourth-order valence-electron chi connectivity index (χ4n) is 2.85. The highest BCUT2D eigenvalue weighted by atomic mass is 19.1. The molecule has 1 aliphatic carbocycles. The van der Waals surface area contributed by atoms with Gasteiger partial charge in [-0.25, -0.2) is 9.37 Å². The predicted octanol–water partition coefficient (Wildman–Crippen LogP) is 1.61. The monoisotopic (exact) mass is 479 g/mol. The molecule has 2 rings (SSSR count). The molecule has 0 unspecified atom stereocenters. The smallest absolute Gasteiger partial charge is 0.296 e. The van der Waals surface area contributed by atoms with E-state index in [1.54, 1.807) is 32.1 Å². The second kappa shape index (κ2) is 14.6. The van der Waals surface area contributed by atoms with Crippen LogP contribution < -0.4 is 10.9 Å². The van der Waals surface area contributed by atoms with Crippen molar-refractivity contribution in [2.24, 2.45) is 0 Å². The molecule has 2 N–H and O–H groups in total. The van der Waals surface area contributed by atoms with Gasteiger partial charge in [0.15, 0.2) is 5.69 Å². The van der Waals surface area contributed by atoms with Crippen LogP contribution in [-0.4, -0.2) is 76.9 Å². The van der Waals surface area contributed by atoms with Gasteiger partial charge < -0.3 is 20.2 Å². The van der Waals surface area contributed by atoms with Crippen molar-refractivity contribution in [1.82, 2.24) is 24.7 Å². The molecule has 0 fully saturated rings. The molecule has 1 heterocycles. The Bertz CT molecular complexity index is 971. The number of allylic oxidation sites excluding steroid dienone is 3. The van der Waals surface area contributed by atoms with E-state index in [1.807, 2.05) is 0 Å². The first kappa shape index (κ1) is 28.5. The fourth-order valence-corrected chi connectivity index (χ4v) is 2.85. The van der Waals surface area contributed by atoms with Gasteiger partial charge in [0.05, 0.1) is 6.33 Å². The lowest BCUT2D eigenvalue weighted by atomic mass is 10.0. The molecule has 11 heteroatoms. The van der Waals surface area contributed by atoms with Crippen LogP contribution in [0.2, 0.25) is 0 Å². The standard InChI is InChI=1S/C20H27FN4O4.C3H7NO/c1-14(26)24(2)10-4-3-5-11-25-13-23-17(18(27)20(25)29)19(28)22-12-15-6-8-16(21)9-7-15;1-4(2)3-5/h6,8,13,27H,3-5,7,9-12H2,1-2H3,(H,22,28);3H,1-2H3. The number of amides is 3. The van der Waals surface area contributed by atoms with E-state index in [9.17, 15) is 28.7 Å². The first-order valence-electron chi connectivity index (χ1n) is 11.0. The molecule has 0 aromatic carbocycles. The lowest BCUT2D eigenvalue weighted by Gasteiger charge is -2.14. The van der Waals surface area contributed by atoms with Crippen LogP contribution in [-0.2, 0) is 16.1 Å². The van der Waals surface area contributed by atoms with Crippen molar-refractivity contribution in [2.75, 3.05) is 34.2 Å². The Morgan fingerprint density at radius 1 is 1.21 bits per heavy atom. The van der Waals surface area contributed by atoms with Gasteiger partial charge in [0.2, 0.25) is 18.1 Å². The summed E-state index contributed by atoms with van der Waals surface area (Å²) >= 11 is 0. The number of halogens is 1. The van der Waals surface area contributed by atoms with Crippen LogP contribution in [0.25, 0.3) is 0 Å². The second-order valence-electron chi connectivity index (χ2n) is 8.13. The number of carbonyl (C=O) groups is 3. The molecule has 3 amide bonds. The minimum absolute atomic E-state index is 0.00705. The first-order valence-corrected chi connectivity index (χ1v) is 11.0. The summed E-state index contributed by atoms with van der Waals surface area (Å²) in [7, 11) is 5.11. The largest absolute Gasteiger partial charge is 0.501 e. The Kier molecular flexibility index (Phi) is 12.3. The number of nitrogens with one attached hydrogen (secondary N) is 1. The van der Waals surface area contributed by atoms with E-state index in [0.717, 1.165) is 24.8 Å². The van der Waals surface area contributed by atoms with Crippen LogP contribution in [0.5, 0.6) is 5.75 Å². The van der Waals surface area contributed by atoms with Gasteiger partial charge in [0, 0.05) is 54.1 Å². The molecule has 0 saturated heterocycles. The van der Waals surface area contributed by atoms with E-state index >= 15 is 0 Å². The molecule has 0 radical (unpaired) electrons. The molecule has 0 atom stereocenters. The number of aromatic hydroxyl groups is 1. The summed E-state index contributed by atoms with van der Waals surface area (Å²) in [5, 5.41) is 12.7. The summed E-state index contributed by atoms with van der Waals surface area (Å²) in [6, 6.07) is 0. The maximum atomic E-state index is 13.0. The van der Waals surface area contributed by atoms with Crippen molar-refractivity contribution >= 4 is 18.2 Å². The molecule has 1 aliphatic rings. The van der Waals surface area contributed by atoms with Gasteiger partial charge >= 0.3 is 0 Å². The minimum atomic E-state index is -0.690. The van der Waals surface area contributed by atoms with Crippen molar-refractivity contribution in [3.8, 4) is 5.75 Å². The number of nitrogens with zero attached hydrogens (tertiary/aromatic N) is 4. The van der Waals surface area contributed by atoms with Gasteiger partial charge in [0.25, 0.3) is 11.5 Å². The lowest BCUT2D eigenvalue weighted by molar-refractivity contribution is -0.127. The van der Waals surface area contributed by atoms with Crippen LogP contribution >= 0.6 is 0 Å². The number of unbranched alkanes of at least 4 members (excludes halogenated alkanes) is 2. The molecule has 188 valence electrons. The zero-order valence-corrected chi connectivity index (χ0v) is 20.2. The molecule has 1 aromatic rings. The molecule has 0 aliphatic heterocycles. The Balaban J connectivity index is 0.00000104. The molecule has 1 aromatic heterocycles. The molecular formula is C23H34FN5O5. The zero-order chi connectivity index (χ0) is 25.7. The third-order valence-electron chi connectivity index (χ3n) is 5.03. The third kappa shape index (κ3) is 9.97. The molecule has 0 spiro atoms. The van der Waals surface area contributed by atoms with Crippen LogP contribution in [0.3, 0.4) is 0 Å². The van der Waals surface area contributed by atoms with E-state index in [1.165, 1.54) is 28.8 Å². The van der Waals surface area contributed by atoms with Gasteiger partial charge in [-0.05, 0) is 31.8 Å². The van der Waals surface area contributed by atoms with Crippen LogP contribution in [0.15, 0.2) is 34.7 Å². The molecule has 0 saturated carbocycles. The van der Waals surface area contributed by atoms with Gasteiger partial charge in [-0.2, -0.15) is 0 Å². The van der Waals surface area contributed by atoms with Gasteiger partial charge in [-0.15, -0.1) is 0 Å². The van der Waals surface area contributed by atoms with E-state index in [4.69, 9.17) is 0 Å².